The minimum atomic E-state index is -0.716. The highest BCUT2D eigenvalue weighted by atomic mass is 16.5. The van der Waals surface area contributed by atoms with Gasteiger partial charge in [-0.05, 0) is 66.5 Å². The quantitative estimate of drug-likeness (QED) is 0.231. The maximum Gasteiger partial charge on any atom is 0.343 e. The van der Waals surface area contributed by atoms with Crippen LogP contribution in [-0.4, -0.2) is 18.5 Å². The predicted octanol–water partition coefficient (Wildman–Crippen LogP) is 7.55. The Morgan fingerprint density at radius 3 is 2.17 bits per heavy atom. The number of carbonyl (C=O) groups is 2. The van der Waals surface area contributed by atoms with Gasteiger partial charge < -0.3 is 9.47 Å². The molecule has 0 radical (unpaired) electrons. The standard InChI is InChI=1S/C32H38O4/c1-7-9-13-23-16-18-25(19-17-23)30(33)36-29-22(3)20-26(32(4,5)6)21-27(29)28(31(34)35-8-2)24-14-11-10-12-15-24/h10-12,14-21,28H,7-9,13H2,1-6H3. The van der Waals surface area contributed by atoms with E-state index in [0.29, 0.717) is 16.9 Å². The first-order valence-corrected chi connectivity index (χ1v) is 12.8. The second kappa shape index (κ2) is 12.0. The van der Waals surface area contributed by atoms with Crippen molar-refractivity contribution in [2.45, 2.75) is 72.1 Å². The second-order valence-corrected chi connectivity index (χ2v) is 10.2. The molecule has 3 rings (SSSR count). The van der Waals surface area contributed by atoms with Gasteiger partial charge in [0, 0.05) is 5.56 Å². The number of benzene rings is 3. The lowest BCUT2D eigenvalue weighted by Gasteiger charge is -2.26. The van der Waals surface area contributed by atoms with E-state index in [0.717, 1.165) is 36.0 Å². The van der Waals surface area contributed by atoms with Crippen molar-refractivity contribution >= 4 is 11.9 Å². The number of aryl methyl sites for hydroxylation is 2. The molecule has 0 fully saturated rings. The molecule has 0 spiro atoms. The maximum absolute atomic E-state index is 13.3. The molecular weight excluding hydrogens is 448 g/mol. The van der Waals surface area contributed by atoms with Crippen molar-refractivity contribution in [2.24, 2.45) is 0 Å². The van der Waals surface area contributed by atoms with Crippen LogP contribution >= 0.6 is 0 Å². The van der Waals surface area contributed by atoms with Gasteiger partial charge in [0.15, 0.2) is 0 Å². The van der Waals surface area contributed by atoms with E-state index in [1.165, 1.54) is 5.56 Å². The van der Waals surface area contributed by atoms with E-state index in [2.05, 4.69) is 27.7 Å². The molecule has 0 heterocycles. The summed E-state index contributed by atoms with van der Waals surface area (Å²) in [4.78, 5) is 26.5. The molecule has 4 nitrogen and oxygen atoms in total. The van der Waals surface area contributed by atoms with Gasteiger partial charge in [0.1, 0.15) is 11.7 Å². The van der Waals surface area contributed by atoms with E-state index in [1.54, 1.807) is 6.92 Å². The van der Waals surface area contributed by atoms with Gasteiger partial charge in [0.2, 0.25) is 0 Å². The van der Waals surface area contributed by atoms with Crippen LogP contribution in [0.25, 0.3) is 0 Å². The smallest absolute Gasteiger partial charge is 0.343 e. The van der Waals surface area contributed by atoms with Crippen molar-refractivity contribution in [1.29, 1.82) is 0 Å². The van der Waals surface area contributed by atoms with Gasteiger partial charge in [-0.2, -0.15) is 0 Å². The molecule has 4 heteroatoms. The largest absolute Gasteiger partial charge is 0.465 e. The van der Waals surface area contributed by atoms with Crippen LogP contribution in [0.3, 0.4) is 0 Å². The minimum absolute atomic E-state index is 0.160. The van der Waals surface area contributed by atoms with Gasteiger partial charge in [0.25, 0.3) is 0 Å². The summed E-state index contributed by atoms with van der Waals surface area (Å²) in [5.41, 5.74) is 4.80. The van der Waals surface area contributed by atoms with E-state index >= 15 is 0 Å². The molecule has 1 atom stereocenters. The molecule has 0 bridgehead atoms. The Hall–Kier alpha value is -3.40. The van der Waals surface area contributed by atoms with E-state index in [9.17, 15) is 9.59 Å². The van der Waals surface area contributed by atoms with Crippen LogP contribution in [0.15, 0.2) is 66.7 Å². The van der Waals surface area contributed by atoms with E-state index in [-0.39, 0.29) is 18.0 Å². The first-order chi connectivity index (χ1) is 17.2. The maximum atomic E-state index is 13.3. The number of carbonyl (C=O) groups excluding carboxylic acids is 2. The number of hydrogen-bond acceptors (Lipinski definition) is 4. The lowest BCUT2D eigenvalue weighted by atomic mass is 9.81. The molecular formula is C32H38O4. The molecule has 1 unspecified atom stereocenters. The third-order valence-electron chi connectivity index (χ3n) is 6.34. The first-order valence-electron chi connectivity index (χ1n) is 12.8. The summed E-state index contributed by atoms with van der Waals surface area (Å²) in [6, 6.07) is 21.1. The minimum Gasteiger partial charge on any atom is -0.465 e. The third kappa shape index (κ3) is 6.63. The Morgan fingerprint density at radius 1 is 0.917 bits per heavy atom. The number of esters is 2. The van der Waals surface area contributed by atoms with Crippen molar-refractivity contribution in [2.75, 3.05) is 6.61 Å². The zero-order chi connectivity index (χ0) is 26.3. The van der Waals surface area contributed by atoms with Gasteiger partial charge in [-0.3, -0.25) is 4.79 Å². The van der Waals surface area contributed by atoms with E-state index < -0.39 is 11.9 Å². The van der Waals surface area contributed by atoms with Gasteiger partial charge in [-0.15, -0.1) is 0 Å². The normalized spacial score (nSPS) is 12.2. The summed E-state index contributed by atoms with van der Waals surface area (Å²) in [6.07, 6.45) is 3.22. The van der Waals surface area contributed by atoms with Gasteiger partial charge in [0.05, 0.1) is 12.2 Å². The highest BCUT2D eigenvalue weighted by Gasteiger charge is 2.31. The SMILES string of the molecule is CCCCc1ccc(C(=O)Oc2c(C)cc(C(C)(C)C)cc2C(C(=O)OCC)c2ccccc2)cc1. The van der Waals surface area contributed by atoms with Gasteiger partial charge in [-0.25, -0.2) is 4.79 Å². The average molecular weight is 487 g/mol. The van der Waals surface area contributed by atoms with E-state index in [1.807, 2.05) is 73.7 Å². The predicted molar refractivity (Wildman–Crippen MR) is 145 cm³/mol. The summed E-state index contributed by atoms with van der Waals surface area (Å²) in [7, 11) is 0. The number of rotatable bonds is 9. The van der Waals surface area contributed by atoms with Crippen LogP contribution in [0.5, 0.6) is 5.75 Å². The van der Waals surface area contributed by atoms with Gasteiger partial charge >= 0.3 is 11.9 Å². The van der Waals surface area contributed by atoms with Crippen LogP contribution < -0.4 is 4.74 Å². The van der Waals surface area contributed by atoms with Gasteiger partial charge in [-0.1, -0.05) is 88.7 Å². The molecule has 0 aliphatic carbocycles. The fourth-order valence-electron chi connectivity index (χ4n) is 4.24. The molecule has 0 aliphatic rings. The highest BCUT2D eigenvalue weighted by Crippen LogP contribution is 2.39. The lowest BCUT2D eigenvalue weighted by Crippen LogP contribution is -2.21. The molecule has 0 aliphatic heterocycles. The van der Waals surface area contributed by atoms with Crippen LogP contribution in [0.4, 0.5) is 0 Å². The van der Waals surface area contributed by atoms with Crippen LogP contribution in [0.2, 0.25) is 0 Å². The average Bonchev–Trinajstić information content (AvgIpc) is 2.85. The first kappa shape index (κ1) is 27.2. The number of unbranched alkanes of at least 4 members (excludes halogenated alkanes) is 1. The van der Waals surface area contributed by atoms with Crippen LogP contribution in [-0.2, 0) is 21.4 Å². The second-order valence-electron chi connectivity index (χ2n) is 10.2. The lowest BCUT2D eigenvalue weighted by molar-refractivity contribution is -0.143. The zero-order valence-corrected chi connectivity index (χ0v) is 22.4. The fourth-order valence-corrected chi connectivity index (χ4v) is 4.24. The Balaban J connectivity index is 2.09. The van der Waals surface area contributed by atoms with Crippen molar-refractivity contribution in [3.05, 3.63) is 100 Å². The van der Waals surface area contributed by atoms with Crippen LogP contribution in [0, 0.1) is 6.92 Å². The summed E-state index contributed by atoms with van der Waals surface area (Å²) >= 11 is 0. The number of ether oxygens (including phenoxy) is 2. The zero-order valence-electron chi connectivity index (χ0n) is 22.4. The topological polar surface area (TPSA) is 52.6 Å². The molecule has 190 valence electrons. The number of hydrogen-bond donors (Lipinski definition) is 0. The summed E-state index contributed by atoms with van der Waals surface area (Å²) in [5, 5.41) is 0. The molecule has 36 heavy (non-hydrogen) atoms. The highest BCUT2D eigenvalue weighted by molar-refractivity contribution is 5.92. The van der Waals surface area contributed by atoms with Crippen molar-refractivity contribution in [1.82, 2.24) is 0 Å². The molecule has 0 aromatic heterocycles. The Bertz CT molecular complexity index is 1170. The Labute approximate surface area is 215 Å². The third-order valence-corrected chi connectivity index (χ3v) is 6.34. The molecule has 0 saturated carbocycles. The molecule has 3 aromatic carbocycles. The Morgan fingerprint density at radius 2 is 1.58 bits per heavy atom. The molecule has 0 saturated heterocycles. The van der Waals surface area contributed by atoms with Crippen molar-refractivity contribution in [3.8, 4) is 5.75 Å². The Kier molecular flexibility index (Phi) is 9.08. The van der Waals surface area contributed by atoms with Crippen molar-refractivity contribution < 1.29 is 19.1 Å². The summed E-state index contributed by atoms with van der Waals surface area (Å²) in [5.74, 6) is -1.12. The monoisotopic (exact) mass is 486 g/mol. The fraction of sp³-hybridized carbons (Fsp3) is 0.375. The van der Waals surface area contributed by atoms with Crippen LogP contribution in [0.1, 0.15) is 91.6 Å². The van der Waals surface area contributed by atoms with E-state index in [4.69, 9.17) is 9.47 Å². The summed E-state index contributed by atoms with van der Waals surface area (Å²) in [6.45, 7) is 12.5. The van der Waals surface area contributed by atoms with Crippen molar-refractivity contribution in [3.63, 3.8) is 0 Å². The summed E-state index contributed by atoms with van der Waals surface area (Å²) < 4.78 is 11.5. The molecule has 0 amide bonds. The molecule has 0 N–H and O–H groups in total. The molecule has 3 aromatic rings.